The molecule has 0 bridgehead atoms. The van der Waals surface area contributed by atoms with Gasteiger partial charge in [0.05, 0.1) is 4.88 Å². The highest BCUT2D eigenvalue weighted by Crippen LogP contribution is 2.33. The Bertz CT molecular complexity index is 619. The van der Waals surface area contributed by atoms with Crippen molar-refractivity contribution < 1.29 is 27.9 Å². The summed E-state index contributed by atoms with van der Waals surface area (Å²) >= 11 is 1.56. The predicted molar refractivity (Wildman–Crippen MR) is 92.3 cm³/mol. The largest absolute Gasteiger partial charge is 0.490 e. The van der Waals surface area contributed by atoms with E-state index in [4.69, 9.17) is 9.90 Å². The van der Waals surface area contributed by atoms with Crippen molar-refractivity contribution in [2.24, 2.45) is 5.92 Å². The van der Waals surface area contributed by atoms with E-state index in [0.29, 0.717) is 18.0 Å². The minimum absolute atomic E-state index is 0.244. The number of aliphatic carboxylic acids is 1. The summed E-state index contributed by atoms with van der Waals surface area (Å²) in [6.45, 7) is 7.80. The zero-order valence-corrected chi connectivity index (χ0v) is 15.5. The van der Waals surface area contributed by atoms with E-state index >= 15 is 0 Å². The lowest BCUT2D eigenvalue weighted by molar-refractivity contribution is -0.192. The number of carbonyl (C=O) groups excluding carboxylic acids is 1. The third kappa shape index (κ3) is 4.97. The fourth-order valence-electron chi connectivity index (χ4n) is 3.56. The molecule has 3 rings (SSSR count). The molecule has 0 spiro atoms. The first-order valence-electron chi connectivity index (χ1n) is 8.50. The number of fused-ring (bicyclic) bond motifs is 1. The molecule has 0 aliphatic carbocycles. The Morgan fingerprint density at radius 2 is 1.88 bits per heavy atom. The molecule has 1 amide bonds. The summed E-state index contributed by atoms with van der Waals surface area (Å²) in [6.07, 6.45) is -2.79. The van der Waals surface area contributed by atoms with E-state index < -0.39 is 12.1 Å². The number of halogens is 3. The number of likely N-dealkylation sites (tertiary alicyclic amines) is 2. The maximum atomic E-state index is 12.5. The fourth-order valence-corrected chi connectivity index (χ4v) is 4.24. The molecule has 2 aliphatic rings. The van der Waals surface area contributed by atoms with E-state index in [0.717, 1.165) is 30.8 Å². The van der Waals surface area contributed by atoms with Crippen molar-refractivity contribution in [2.45, 2.75) is 44.9 Å². The van der Waals surface area contributed by atoms with Crippen LogP contribution >= 0.6 is 11.3 Å². The first kappa shape index (κ1) is 20.7. The van der Waals surface area contributed by atoms with E-state index in [1.165, 1.54) is 6.54 Å². The van der Waals surface area contributed by atoms with E-state index in [1.807, 2.05) is 17.5 Å². The zero-order valence-electron chi connectivity index (χ0n) is 14.7. The molecule has 1 N–H and O–H groups in total. The monoisotopic (exact) mass is 392 g/mol. The molecule has 2 aliphatic heterocycles. The lowest BCUT2D eigenvalue weighted by Crippen LogP contribution is -2.40. The van der Waals surface area contributed by atoms with Crippen molar-refractivity contribution in [3.05, 3.63) is 22.4 Å². The van der Waals surface area contributed by atoms with Gasteiger partial charge < -0.3 is 10.0 Å². The molecule has 146 valence electrons. The second kappa shape index (κ2) is 8.39. The number of rotatable bonds is 3. The molecule has 3 heterocycles. The van der Waals surface area contributed by atoms with Crippen LogP contribution in [0.1, 0.15) is 36.4 Å². The molecule has 26 heavy (non-hydrogen) atoms. The summed E-state index contributed by atoms with van der Waals surface area (Å²) < 4.78 is 31.7. The molecule has 0 aromatic carbocycles. The molecule has 0 radical (unpaired) electrons. The van der Waals surface area contributed by atoms with Gasteiger partial charge in [0, 0.05) is 31.7 Å². The smallest absolute Gasteiger partial charge is 0.475 e. The summed E-state index contributed by atoms with van der Waals surface area (Å²) in [4.78, 5) is 27.0. The van der Waals surface area contributed by atoms with Crippen LogP contribution in [-0.2, 0) is 4.79 Å². The van der Waals surface area contributed by atoms with Gasteiger partial charge in [0.15, 0.2) is 0 Å². The van der Waals surface area contributed by atoms with Gasteiger partial charge in [-0.25, -0.2) is 4.79 Å². The Morgan fingerprint density at radius 1 is 1.27 bits per heavy atom. The van der Waals surface area contributed by atoms with Gasteiger partial charge in [-0.15, -0.1) is 11.3 Å². The van der Waals surface area contributed by atoms with Crippen molar-refractivity contribution in [1.82, 2.24) is 9.80 Å². The maximum absolute atomic E-state index is 12.5. The standard InChI is InChI=1S/C15H22N2OS.C2HF3O2/c1-11(2)10-16-7-5-13-12(16)6-8-17(13)15(18)14-4-3-9-19-14;3-2(4,5)1(6)7/h3-4,9,11-13H,5-8,10H2,1-2H3;(H,6,7)/t12-,13+;/m0./s1. The molecule has 2 atom stereocenters. The Hall–Kier alpha value is -1.61. The van der Waals surface area contributed by atoms with Crippen LogP contribution in [0, 0.1) is 5.92 Å². The highest BCUT2D eigenvalue weighted by Gasteiger charge is 2.44. The number of carbonyl (C=O) groups is 2. The first-order valence-corrected chi connectivity index (χ1v) is 9.38. The first-order chi connectivity index (χ1) is 12.1. The average Bonchev–Trinajstić information content (AvgIpc) is 3.24. The van der Waals surface area contributed by atoms with Gasteiger partial charge in [-0.1, -0.05) is 19.9 Å². The number of hydrogen-bond donors (Lipinski definition) is 1. The lowest BCUT2D eigenvalue weighted by atomic mass is 10.1. The number of amides is 1. The summed E-state index contributed by atoms with van der Waals surface area (Å²) in [5.41, 5.74) is 0. The molecule has 5 nitrogen and oxygen atoms in total. The van der Waals surface area contributed by atoms with Gasteiger partial charge in [0.2, 0.25) is 0 Å². The van der Waals surface area contributed by atoms with Crippen molar-refractivity contribution in [1.29, 1.82) is 0 Å². The van der Waals surface area contributed by atoms with Crippen LogP contribution < -0.4 is 0 Å². The second-order valence-corrected chi connectivity index (χ2v) is 7.83. The van der Waals surface area contributed by atoms with Crippen LogP contribution in [0.25, 0.3) is 0 Å². The van der Waals surface area contributed by atoms with Gasteiger partial charge in [-0.05, 0) is 30.2 Å². The molecule has 2 saturated heterocycles. The topological polar surface area (TPSA) is 60.9 Å². The summed E-state index contributed by atoms with van der Waals surface area (Å²) in [7, 11) is 0. The van der Waals surface area contributed by atoms with Crippen molar-refractivity contribution in [3.8, 4) is 0 Å². The van der Waals surface area contributed by atoms with Crippen LogP contribution in [0.2, 0.25) is 0 Å². The number of alkyl halides is 3. The molecular formula is C17H23F3N2O3S. The van der Waals surface area contributed by atoms with E-state index in [-0.39, 0.29) is 5.91 Å². The Balaban J connectivity index is 0.000000298. The van der Waals surface area contributed by atoms with Crippen LogP contribution in [-0.4, -0.2) is 64.7 Å². The maximum Gasteiger partial charge on any atom is 0.490 e. The second-order valence-electron chi connectivity index (χ2n) is 6.88. The minimum atomic E-state index is -5.08. The Kier molecular flexibility index (Phi) is 6.68. The van der Waals surface area contributed by atoms with Crippen LogP contribution in [0.3, 0.4) is 0 Å². The number of carboxylic acids is 1. The number of hydrogen-bond acceptors (Lipinski definition) is 4. The highest BCUT2D eigenvalue weighted by atomic mass is 32.1. The molecule has 9 heteroatoms. The fraction of sp³-hybridized carbons (Fsp3) is 0.647. The summed E-state index contributed by atoms with van der Waals surface area (Å²) in [5.74, 6) is -1.80. The number of thiophene rings is 1. The summed E-state index contributed by atoms with van der Waals surface area (Å²) in [5, 5.41) is 9.11. The van der Waals surface area contributed by atoms with Crippen LogP contribution in [0.15, 0.2) is 17.5 Å². The predicted octanol–water partition coefficient (Wildman–Crippen LogP) is 3.33. The van der Waals surface area contributed by atoms with Crippen molar-refractivity contribution in [2.75, 3.05) is 19.6 Å². The van der Waals surface area contributed by atoms with Gasteiger partial charge in [-0.3, -0.25) is 9.69 Å². The minimum Gasteiger partial charge on any atom is -0.475 e. The third-order valence-corrected chi connectivity index (χ3v) is 5.38. The normalized spacial score (nSPS) is 22.9. The van der Waals surface area contributed by atoms with Gasteiger partial charge in [0.1, 0.15) is 0 Å². The van der Waals surface area contributed by atoms with Crippen LogP contribution in [0.5, 0.6) is 0 Å². The van der Waals surface area contributed by atoms with Crippen molar-refractivity contribution >= 4 is 23.2 Å². The quantitative estimate of drug-likeness (QED) is 0.857. The lowest BCUT2D eigenvalue weighted by Gasteiger charge is -2.26. The molecule has 1 aromatic rings. The van der Waals surface area contributed by atoms with Gasteiger partial charge in [-0.2, -0.15) is 13.2 Å². The molecule has 0 saturated carbocycles. The van der Waals surface area contributed by atoms with Crippen LogP contribution in [0.4, 0.5) is 13.2 Å². The van der Waals surface area contributed by atoms with E-state index in [9.17, 15) is 18.0 Å². The average molecular weight is 392 g/mol. The van der Waals surface area contributed by atoms with E-state index in [2.05, 4.69) is 23.6 Å². The Labute approximate surface area is 154 Å². The zero-order chi connectivity index (χ0) is 19.5. The molecule has 0 unspecified atom stereocenters. The van der Waals surface area contributed by atoms with Gasteiger partial charge in [0.25, 0.3) is 5.91 Å². The molecule has 2 fully saturated rings. The van der Waals surface area contributed by atoms with Crippen molar-refractivity contribution in [3.63, 3.8) is 0 Å². The molecular weight excluding hydrogens is 369 g/mol. The summed E-state index contributed by atoms with van der Waals surface area (Å²) in [6, 6.07) is 4.96. The third-order valence-electron chi connectivity index (χ3n) is 4.53. The van der Waals surface area contributed by atoms with E-state index in [1.54, 1.807) is 11.3 Å². The SMILES string of the molecule is CC(C)CN1CC[C@@H]2[C@@H]1CCN2C(=O)c1cccs1.O=C(O)C(F)(F)F. The number of nitrogens with zero attached hydrogens (tertiary/aromatic N) is 2. The number of carboxylic acid groups (broad SMARTS) is 1. The Morgan fingerprint density at radius 3 is 2.38 bits per heavy atom. The van der Waals surface area contributed by atoms with Gasteiger partial charge >= 0.3 is 12.1 Å². The highest BCUT2D eigenvalue weighted by molar-refractivity contribution is 7.12. The molecule has 1 aromatic heterocycles.